The average molecular weight is 358 g/mol. The molecule has 0 unspecified atom stereocenters. The number of benzene rings is 1. The monoisotopic (exact) mass is 358 g/mol. The Labute approximate surface area is 118 Å². The van der Waals surface area contributed by atoms with E-state index in [4.69, 9.17) is 11.5 Å². The van der Waals surface area contributed by atoms with Crippen LogP contribution in [0.1, 0.15) is 0 Å². The molecule has 0 aliphatic carbocycles. The molecule has 0 aliphatic heterocycles. The summed E-state index contributed by atoms with van der Waals surface area (Å²) in [5.74, 6) is 1.14. The van der Waals surface area contributed by atoms with Gasteiger partial charge in [0.25, 0.3) is 0 Å². The van der Waals surface area contributed by atoms with Crippen molar-refractivity contribution in [1.82, 2.24) is 4.90 Å². The lowest BCUT2D eigenvalue weighted by Crippen LogP contribution is -2.39. The van der Waals surface area contributed by atoms with Crippen molar-refractivity contribution in [3.05, 3.63) is 27.8 Å². The van der Waals surface area contributed by atoms with Gasteiger partial charge in [-0.3, -0.25) is 4.79 Å². The minimum Gasteiger partial charge on any atom is -0.480 e. The van der Waals surface area contributed by atoms with Crippen LogP contribution < -0.4 is 5.32 Å². The normalized spacial score (nSPS) is 9.33. The highest BCUT2D eigenvalue weighted by atomic mass is 127. The first kappa shape index (κ1) is 14.3. The van der Waals surface area contributed by atoms with E-state index in [1.165, 1.54) is 0 Å². The largest absolute Gasteiger partial charge is 0.480 e. The minimum atomic E-state index is -1.11. The van der Waals surface area contributed by atoms with Gasteiger partial charge in [-0.25, -0.2) is 4.79 Å². The van der Waals surface area contributed by atoms with Crippen molar-refractivity contribution in [3.8, 4) is 12.3 Å². The molecule has 0 saturated carbocycles. The Morgan fingerprint density at radius 1 is 1.39 bits per heavy atom. The zero-order valence-electron chi connectivity index (χ0n) is 9.39. The Morgan fingerprint density at radius 3 is 2.50 bits per heavy atom. The van der Waals surface area contributed by atoms with Gasteiger partial charge >= 0.3 is 12.0 Å². The molecule has 0 fully saturated rings. The van der Waals surface area contributed by atoms with Crippen molar-refractivity contribution >= 4 is 40.3 Å². The van der Waals surface area contributed by atoms with Crippen molar-refractivity contribution in [2.45, 2.75) is 0 Å². The minimum absolute atomic E-state index is 0.0531. The van der Waals surface area contributed by atoms with Crippen LogP contribution in [0.15, 0.2) is 24.3 Å². The molecule has 2 amide bonds. The number of terminal acetylenes is 1. The lowest BCUT2D eigenvalue weighted by Gasteiger charge is -2.18. The van der Waals surface area contributed by atoms with Crippen LogP contribution in [0.4, 0.5) is 10.5 Å². The number of hydrogen-bond acceptors (Lipinski definition) is 2. The number of carboxylic acids is 1. The third kappa shape index (κ3) is 4.63. The summed E-state index contributed by atoms with van der Waals surface area (Å²) in [7, 11) is 0. The number of anilines is 1. The Hall–Kier alpha value is -1.75. The number of hydrogen-bond donors (Lipinski definition) is 2. The SMILES string of the molecule is C#CCN(CC(=O)O)C(=O)Nc1ccc(I)cc1. The van der Waals surface area contributed by atoms with E-state index in [0.29, 0.717) is 5.69 Å². The van der Waals surface area contributed by atoms with Crippen LogP contribution >= 0.6 is 22.6 Å². The van der Waals surface area contributed by atoms with Gasteiger partial charge in [0.15, 0.2) is 0 Å². The van der Waals surface area contributed by atoms with E-state index in [9.17, 15) is 9.59 Å². The molecule has 0 saturated heterocycles. The maximum Gasteiger partial charge on any atom is 0.323 e. The van der Waals surface area contributed by atoms with Crippen molar-refractivity contribution < 1.29 is 14.7 Å². The number of carboxylic acid groups (broad SMARTS) is 1. The molecular formula is C12H11IN2O3. The van der Waals surface area contributed by atoms with Gasteiger partial charge in [0, 0.05) is 9.26 Å². The highest BCUT2D eigenvalue weighted by molar-refractivity contribution is 14.1. The maximum absolute atomic E-state index is 11.8. The molecule has 18 heavy (non-hydrogen) atoms. The van der Waals surface area contributed by atoms with Crippen molar-refractivity contribution in [2.75, 3.05) is 18.4 Å². The fraction of sp³-hybridized carbons (Fsp3) is 0.167. The molecular weight excluding hydrogens is 347 g/mol. The number of carbonyl (C=O) groups excluding carboxylic acids is 1. The fourth-order valence-corrected chi connectivity index (χ4v) is 1.57. The smallest absolute Gasteiger partial charge is 0.323 e. The lowest BCUT2D eigenvalue weighted by atomic mass is 10.3. The van der Waals surface area contributed by atoms with Crippen LogP contribution in [-0.4, -0.2) is 35.1 Å². The predicted octanol–water partition coefficient (Wildman–Crippen LogP) is 1.84. The van der Waals surface area contributed by atoms with Crippen LogP contribution in [0.25, 0.3) is 0 Å². The molecule has 2 N–H and O–H groups in total. The Morgan fingerprint density at radius 2 is 2.00 bits per heavy atom. The van der Waals surface area contributed by atoms with Gasteiger partial charge in [0.1, 0.15) is 6.54 Å². The number of nitrogens with zero attached hydrogens (tertiary/aromatic N) is 1. The highest BCUT2D eigenvalue weighted by Crippen LogP contribution is 2.11. The summed E-state index contributed by atoms with van der Waals surface area (Å²) in [5.41, 5.74) is 0.591. The molecule has 1 aromatic carbocycles. The summed E-state index contributed by atoms with van der Waals surface area (Å²) >= 11 is 2.15. The number of carbonyl (C=O) groups is 2. The Kier molecular flexibility index (Phi) is 5.45. The maximum atomic E-state index is 11.8. The van der Waals surface area contributed by atoms with Crippen molar-refractivity contribution in [3.63, 3.8) is 0 Å². The highest BCUT2D eigenvalue weighted by Gasteiger charge is 2.15. The van der Waals surface area contributed by atoms with Gasteiger partial charge in [-0.15, -0.1) is 6.42 Å². The van der Waals surface area contributed by atoms with Crippen LogP contribution in [0.3, 0.4) is 0 Å². The molecule has 1 aromatic rings. The van der Waals surface area contributed by atoms with Gasteiger partial charge in [-0.2, -0.15) is 0 Å². The van der Waals surface area contributed by atoms with Gasteiger partial charge in [-0.05, 0) is 46.9 Å². The van der Waals surface area contributed by atoms with Crippen molar-refractivity contribution in [2.24, 2.45) is 0 Å². The first-order valence-electron chi connectivity index (χ1n) is 4.99. The van der Waals surface area contributed by atoms with Crippen LogP contribution in [0.2, 0.25) is 0 Å². The first-order chi connectivity index (χ1) is 8.52. The molecule has 0 atom stereocenters. The molecule has 6 heteroatoms. The molecule has 0 bridgehead atoms. The fourth-order valence-electron chi connectivity index (χ4n) is 1.21. The van der Waals surface area contributed by atoms with Crippen LogP contribution in [0.5, 0.6) is 0 Å². The second kappa shape index (κ2) is 6.86. The predicted molar refractivity (Wildman–Crippen MR) is 76.2 cm³/mol. The second-order valence-corrected chi connectivity index (χ2v) is 4.64. The Balaban J connectivity index is 2.69. The van der Waals surface area contributed by atoms with E-state index in [2.05, 4.69) is 33.8 Å². The summed E-state index contributed by atoms with van der Waals surface area (Å²) in [6, 6.07) is 6.59. The van der Waals surface area contributed by atoms with E-state index in [-0.39, 0.29) is 6.54 Å². The third-order valence-corrected chi connectivity index (χ3v) is 2.71. The van der Waals surface area contributed by atoms with Gasteiger partial charge in [0.2, 0.25) is 0 Å². The molecule has 5 nitrogen and oxygen atoms in total. The number of halogens is 1. The molecule has 0 heterocycles. The molecule has 0 radical (unpaired) electrons. The number of rotatable bonds is 4. The van der Waals surface area contributed by atoms with Gasteiger partial charge in [-0.1, -0.05) is 5.92 Å². The standard InChI is InChI=1S/C12H11IN2O3/c1-2-7-15(8-11(16)17)12(18)14-10-5-3-9(13)4-6-10/h1,3-6H,7-8H2,(H,14,18)(H,16,17). The van der Waals surface area contributed by atoms with E-state index in [0.717, 1.165) is 8.47 Å². The van der Waals surface area contributed by atoms with Crippen LogP contribution in [-0.2, 0) is 4.79 Å². The number of amides is 2. The molecule has 0 aromatic heterocycles. The van der Waals surface area contributed by atoms with E-state index < -0.39 is 18.5 Å². The summed E-state index contributed by atoms with van der Waals surface area (Å²) in [6.07, 6.45) is 5.09. The third-order valence-electron chi connectivity index (χ3n) is 1.99. The topological polar surface area (TPSA) is 69.6 Å². The second-order valence-electron chi connectivity index (χ2n) is 3.39. The average Bonchev–Trinajstić information content (AvgIpc) is 2.31. The van der Waals surface area contributed by atoms with E-state index in [1.807, 2.05) is 12.1 Å². The van der Waals surface area contributed by atoms with Gasteiger partial charge < -0.3 is 15.3 Å². The summed E-state index contributed by atoms with van der Waals surface area (Å²) in [6.45, 7) is -0.483. The number of nitrogens with one attached hydrogen (secondary N) is 1. The quantitative estimate of drug-likeness (QED) is 0.638. The Bertz CT molecular complexity index is 479. The molecule has 1 rings (SSSR count). The molecule has 0 aliphatic rings. The summed E-state index contributed by atoms with van der Waals surface area (Å²) in [4.78, 5) is 23.4. The van der Waals surface area contributed by atoms with Gasteiger partial charge in [0.05, 0.1) is 6.54 Å². The van der Waals surface area contributed by atoms with E-state index in [1.54, 1.807) is 12.1 Å². The first-order valence-corrected chi connectivity index (χ1v) is 6.07. The summed E-state index contributed by atoms with van der Waals surface area (Å²) in [5, 5.41) is 11.3. The molecule has 94 valence electrons. The van der Waals surface area contributed by atoms with Crippen LogP contribution in [0, 0.1) is 15.9 Å². The van der Waals surface area contributed by atoms with E-state index >= 15 is 0 Å². The summed E-state index contributed by atoms with van der Waals surface area (Å²) < 4.78 is 1.04. The molecule has 0 spiro atoms. The number of urea groups is 1. The lowest BCUT2D eigenvalue weighted by molar-refractivity contribution is -0.137. The zero-order chi connectivity index (χ0) is 13.5. The van der Waals surface area contributed by atoms with Crippen molar-refractivity contribution in [1.29, 1.82) is 0 Å². The number of aliphatic carboxylic acids is 1. The zero-order valence-corrected chi connectivity index (χ0v) is 11.5.